The largest absolute Gasteiger partial charge is 0.310 e. The summed E-state index contributed by atoms with van der Waals surface area (Å²) in [6.45, 7) is 13.6. The van der Waals surface area contributed by atoms with Crippen LogP contribution >= 0.6 is 0 Å². The van der Waals surface area contributed by atoms with Gasteiger partial charge in [0.2, 0.25) is 0 Å². The lowest BCUT2D eigenvalue weighted by Gasteiger charge is -2.29. The molecule has 11 aromatic carbocycles. The maximum absolute atomic E-state index is 2.46. The fraction of sp³-hybridized carbons (Fsp3) is 0.125. The third-order valence-electron chi connectivity index (χ3n) is 13.5. The van der Waals surface area contributed by atoms with Crippen LogP contribution in [0.3, 0.4) is 0 Å². The molecule has 0 aliphatic heterocycles. The van der Waals surface area contributed by atoms with Crippen LogP contribution < -0.4 is 9.80 Å². The van der Waals surface area contributed by atoms with Gasteiger partial charge in [0.1, 0.15) is 0 Å². The quantitative estimate of drug-likeness (QED) is 0.147. The average Bonchev–Trinajstić information content (AvgIpc) is 3.34. The highest BCUT2D eigenvalue weighted by Crippen LogP contribution is 2.46. The molecule has 0 amide bonds. The Morgan fingerprint density at radius 1 is 0.273 bits per heavy atom. The van der Waals surface area contributed by atoms with Crippen molar-refractivity contribution in [2.24, 2.45) is 0 Å². The Balaban J connectivity index is 1.06. The lowest BCUT2D eigenvalue weighted by atomic mass is 9.87. The molecule has 0 aromatic heterocycles. The van der Waals surface area contributed by atoms with E-state index in [2.05, 4.69) is 270 Å². The Kier molecular flexibility index (Phi) is 10.0. The van der Waals surface area contributed by atoms with Gasteiger partial charge in [-0.1, -0.05) is 193 Å². The smallest absolute Gasteiger partial charge is 0.0546 e. The molecule has 0 N–H and O–H groups in total. The lowest BCUT2D eigenvalue weighted by Crippen LogP contribution is -2.13. The lowest BCUT2D eigenvalue weighted by molar-refractivity contribution is 0.590. The van der Waals surface area contributed by atoms with E-state index in [4.69, 9.17) is 0 Å². The molecule has 0 saturated heterocycles. The second-order valence-corrected chi connectivity index (χ2v) is 19.9. The first kappa shape index (κ1) is 41.1. The maximum atomic E-state index is 2.46. The average molecular weight is 851 g/mol. The van der Waals surface area contributed by atoms with E-state index in [1.165, 1.54) is 76.1 Å². The molecule has 2 nitrogen and oxygen atoms in total. The van der Waals surface area contributed by atoms with Crippen LogP contribution in [0.2, 0.25) is 0 Å². The fourth-order valence-corrected chi connectivity index (χ4v) is 9.88. The van der Waals surface area contributed by atoms with Crippen molar-refractivity contribution in [2.45, 2.75) is 52.4 Å². The number of hydrogen-bond donors (Lipinski definition) is 0. The summed E-state index contributed by atoms with van der Waals surface area (Å²) in [5, 5.41) is 12.3. The Morgan fingerprint density at radius 3 is 1.24 bits per heavy atom. The van der Waals surface area contributed by atoms with Gasteiger partial charge in [0, 0.05) is 33.8 Å². The van der Waals surface area contributed by atoms with Crippen molar-refractivity contribution in [1.29, 1.82) is 0 Å². The summed E-state index contributed by atoms with van der Waals surface area (Å²) in [6.07, 6.45) is 0. The summed E-state index contributed by atoms with van der Waals surface area (Å²) in [5.41, 5.74) is 11.9. The second kappa shape index (κ2) is 16.1. The summed E-state index contributed by atoms with van der Waals surface area (Å²) in [4.78, 5) is 4.84. The minimum absolute atomic E-state index is 0.0495. The molecule has 66 heavy (non-hydrogen) atoms. The molecule has 11 aromatic rings. The van der Waals surface area contributed by atoms with Gasteiger partial charge in [0.15, 0.2) is 0 Å². The maximum Gasteiger partial charge on any atom is 0.0546 e. The Morgan fingerprint density at radius 2 is 0.682 bits per heavy atom. The van der Waals surface area contributed by atoms with Crippen molar-refractivity contribution in [1.82, 2.24) is 0 Å². The van der Waals surface area contributed by atoms with Gasteiger partial charge >= 0.3 is 0 Å². The SMILES string of the molecule is CC(C)(C)c1ccc(N(c2ccc(-c3cccc4c3ccc3c5ccccc5c(N(c5ccc(C(C)(C)C)cc5)c5ccc6ccccc6c5)cc43)cc2)c2ccc3ccccc3c2)cc1. The Labute approximate surface area is 389 Å². The van der Waals surface area contributed by atoms with Gasteiger partial charge in [-0.05, 0) is 148 Å². The molecule has 0 unspecified atom stereocenters. The first-order valence-corrected chi connectivity index (χ1v) is 23.2. The van der Waals surface area contributed by atoms with Crippen LogP contribution in [0, 0.1) is 0 Å². The van der Waals surface area contributed by atoms with Crippen molar-refractivity contribution in [3.05, 3.63) is 230 Å². The standard InChI is InChI=1S/C64H54N2/c1-63(2,3)48-26-34-51(35-27-48)65(53-32-22-43-14-7-9-16-46(43)40-53)50-30-24-45(25-31-50)55-20-13-21-57-58(55)38-39-59-56-18-11-12-19-60(56)62(42-61(57)59)66(52-36-28-49(29-37-52)64(4,5)6)54-33-23-44-15-8-10-17-47(44)41-54/h7-42H,1-6H3. The van der Waals surface area contributed by atoms with E-state index in [1.54, 1.807) is 0 Å². The Bertz CT molecular complexity index is 3590. The fourth-order valence-electron chi connectivity index (χ4n) is 9.88. The Hall–Kier alpha value is -7.68. The number of hydrogen-bond acceptors (Lipinski definition) is 2. The minimum Gasteiger partial charge on any atom is -0.310 e. The van der Waals surface area contributed by atoms with Crippen LogP contribution in [0.5, 0.6) is 0 Å². The van der Waals surface area contributed by atoms with Gasteiger partial charge in [0.05, 0.1) is 5.69 Å². The number of rotatable bonds is 7. The normalized spacial score (nSPS) is 12.1. The van der Waals surface area contributed by atoms with E-state index in [0.29, 0.717) is 0 Å². The first-order valence-electron chi connectivity index (χ1n) is 23.2. The predicted octanol–water partition coefficient (Wildman–Crippen LogP) is 18.7. The van der Waals surface area contributed by atoms with Crippen molar-refractivity contribution in [2.75, 3.05) is 9.80 Å². The molecule has 0 fully saturated rings. The summed E-state index contributed by atoms with van der Waals surface area (Å²) in [6, 6.07) is 81.1. The molecule has 0 heterocycles. The highest BCUT2D eigenvalue weighted by molar-refractivity contribution is 6.23. The van der Waals surface area contributed by atoms with Gasteiger partial charge in [-0.25, -0.2) is 0 Å². The van der Waals surface area contributed by atoms with Gasteiger partial charge in [-0.2, -0.15) is 0 Å². The molecular weight excluding hydrogens is 797 g/mol. The van der Waals surface area contributed by atoms with E-state index in [1.807, 2.05) is 0 Å². The summed E-state index contributed by atoms with van der Waals surface area (Å²) >= 11 is 0. The summed E-state index contributed by atoms with van der Waals surface area (Å²) in [5.74, 6) is 0. The van der Waals surface area contributed by atoms with Crippen molar-refractivity contribution >= 4 is 88.0 Å². The highest BCUT2D eigenvalue weighted by Gasteiger charge is 2.22. The third kappa shape index (κ3) is 7.43. The zero-order valence-corrected chi connectivity index (χ0v) is 38.7. The van der Waals surface area contributed by atoms with Gasteiger partial charge < -0.3 is 9.80 Å². The van der Waals surface area contributed by atoms with E-state index in [-0.39, 0.29) is 10.8 Å². The monoisotopic (exact) mass is 850 g/mol. The molecule has 0 bridgehead atoms. The van der Waals surface area contributed by atoms with E-state index >= 15 is 0 Å². The first-order chi connectivity index (χ1) is 32.0. The molecule has 11 rings (SSSR count). The predicted molar refractivity (Wildman–Crippen MR) is 286 cm³/mol. The zero-order chi connectivity index (χ0) is 45.2. The summed E-state index contributed by atoms with van der Waals surface area (Å²) in [7, 11) is 0. The summed E-state index contributed by atoms with van der Waals surface area (Å²) < 4.78 is 0. The molecule has 2 heteroatoms. The molecule has 320 valence electrons. The minimum atomic E-state index is 0.0495. The van der Waals surface area contributed by atoms with Crippen LogP contribution in [-0.4, -0.2) is 0 Å². The van der Waals surface area contributed by atoms with Crippen LogP contribution in [0.25, 0.3) is 65.0 Å². The van der Waals surface area contributed by atoms with Crippen LogP contribution in [0.4, 0.5) is 34.1 Å². The van der Waals surface area contributed by atoms with Crippen molar-refractivity contribution in [3.63, 3.8) is 0 Å². The van der Waals surface area contributed by atoms with Gasteiger partial charge in [-0.3, -0.25) is 0 Å². The topological polar surface area (TPSA) is 6.48 Å². The number of anilines is 6. The van der Waals surface area contributed by atoms with Crippen molar-refractivity contribution < 1.29 is 0 Å². The van der Waals surface area contributed by atoms with E-state index in [9.17, 15) is 0 Å². The molecule has 0 atom stereocenters. The molecule has 0 spiro atoms. The van der Waals surface area contributed by atoms with Gasteiger partial charge in [-0.15, -0.1) is 0 Å². The molecule has 0 saturated carbocycles. The molecule has 0 radical (unpaired) electrons. The van der Waals surface area contributed by atoms with Crippen molar-refractivity contribution in [3.8, 4) is 11.1 Å². The highest BCUT2D eigenvalue weighted by atomic mass is 15.1. The third-order valence-corrected chi connectivity index (χ3v) is 13.5. The zero-order valence-electron chi connectivity index (χ0n) is 38.7. The van der Waals surface area contributed by atoms with E-state index < -0.39 is 0 Å². The molecular formula is C64H54N2. The number of nitrogens with zero attached hydrogens (tertiary/aromatic N) is 2. The van der Waals surface area contributed by atoms with Crippen LogP contribution in [0.1, 0.15) is 52.7 Å². The number of fused-ring (bicyclic) bond motifs is 7. The van der Waals surface area contributed by atoms with Crippen LogP contribution in [0.15, 0.2) is 218 Å². The molecule has 0 aliphatic rings. The second-order valence-electron chi connectivity index (χ2n) is 19.9. The van der Waals surface area contributed by atoms with Crippen LogP contribution in [-0.2, 0) is 10.8 Å². The van der Waals surface area contributed by atoms with Gasteiger partial charge in [0.25, 0.3) is 0 Å². The van der Waals surface area contributed by atoms with E-state index in [0.717, 1.165) is 34.1 Å². The molecule has 0 aliphatic carbocycles. The number of benzene rings is 11.